The van der Waals surface area contributed by atoms with Gasteiger partial charge in [-0.15, -0.1) is 68.0 Å². The summed E-state index contributed by atoms with van der Waals surface area (Å²) < 4.78 is 2.52. The molecule has 9 aromatic rings. The second-order valence-electron chi connectivity index (χ2n) is 28.9. The molecule has 0 saturated heterocycles. The monoisotopic (exact) mass is 1490 g/mol. The number of nitrogens with zero attached hydrogens (tertiary/aromatic N) is 4. The molecule has 2 aliphatic rings. The number of hydrogen-bond acceptors (Lipinski definition) is 12. The first-order valence-corrected chi connectivity index (χ1v) is 44.2. The lowest BCUT2D eigenvalue weighted by Crippen LogP contribution is -2.01. The van der Waals surface area contributed by atoms with Gasteiger partial charge in [0.1, 0.15) is 35.4 Å². The largest absolute Gasteiger partial charge is 0.289 e. The Morgan fingerprint density at radius 1 is 0.375 bits per heavy atom. The van der Waals surface area contributed by atoms with E-state index >= 15 is 0 Å². The third-order valence-electron chi connectivity index (χ3n) is 21.5. The predicted octanol–water partition coefficient (Wildman–Crippen LogP) is 29.6. The SMILES string of the molecule is CCCCCCCCCCCCc1cc(-c2cc3c(-c4ccc(CC(CC)CCCC)s4)c4sc(-c5cc(CCCCCCCCCCCC)c(/C=C6\C(=O)c7ccccc7C6=C(C#N)C#N)s5)cc4c(-c4ccc(CC(CC)CCCC)s4)c3s2)sc1/C=C1\C(=O)c2ccccc2C1=C(C#N)C#N. The standard InChI is InChI=1S/C92H102N4O2S6/c1-7-13-17-19-21-23-25-27-29-31-39-63-51-81(101-79(63)53-73-85(65(57-93)58-94)69-41-33-35-43-71(69)89(73)97)83-55-75-87(77-47-45-67(99-77)49-61(11-5)37-15-9-3)92-76(88(91(75)103-83)78-48-46-68(100-78)50-62(12-6)38-16-10-4)56-84(104-92)82-52-64(40-32-30-28-26-24-22-20-18-14-8-2)80(102-82)54-74-86(66(59-95)60-96)70-42-34-36-44-72(70)90(74)98/h33-36,41-48,51-56,61-62H,7-32,37-40,49-50H2,1-6H3/b73-53-,74-54-. The van der Waals surface area contributed by atoms with Gasteiger partial charge in [-0.1, -0.05) is 257 Å². The van der Waals surface area contributed by atoms with Crippen LogP contribution in [0.4, 0.5) is 0 Å². The van der Waals surface area contributed by atoms with Gasteiger partial charge in [0.25, 0.3) is 0 Å². The Hall–Kier alpha value is -7.36. The fourth-order valence-electron chi connectivity index (χ4n) is 15.5. The molecule has 0 aliphatic heterocycles. The molecular weight excluding hydrogens is 1390 g/mol. The van der Waals surface area contributed by atoms with Crippen LogP contribution in [0.25, 0.3) is 83.9 Å². The maximum Gasteiger partial charge on any atom is 0.194 e. The highest BCUT2D eigenvalue weighted by Gasteiger charge is 2.35. The smallest absolute Gasteiger partial charge is 0.194 e. The normalized spacial score (nSPS) is 14.1. The minimum Gasteiger partial charge on any atom is -0.289 e. The van der Waals surface area contributed by atoms with Crippen molar-refractivity contribution in [3.63, 3.8) is 0 Å². The number of unbranched alkanes of at least 4 members (excludes halogenated alkanes) is 20. The first-order valence-electron chi connectivity index (χ1n) is 39.3. The van der Waals surface area contributed by atoms with E-state index in [1.165, 1.54) is 213 Å². The van der Waals surface area contributed by atoms with Crippen LogP contribution in [0.3, 0.4) is 0 Å². The zero-order valence-electron chi connectivity index (χ0n) is 62.2. The van der Waals surface area contributed by atoms with Gasteiger partial charge in [-0.3, -0.25) is 9.59 Å². The van der Waals surface area contributed by atoms with E-state index in [0.717, 1.165) is 83.7 Å². The summed E-state index contributed by atoms with van der Waals surface area (Å²) in [5, 5.41) is 44.2. The Balaban J connectivity index is 1.09. The van der Waals surface area contributed by atoms with Crippen LogP contribution in [-0.2, 0) is 25.7 Å². The zero-order valence-corrected chi connectivity index (χ0v) is 67.1. The second kappa shape index (κ2) is 38.8. The van der Waals surface area contributed by atoms with Crippen molar-refractivity contribution in [2.75, 3.05) is 0 Å². The number of carbonyl (C=O) groups excluding carboxylic acids is 2. The Bertz CT molecular complexity index is 4410. The summed E-state index contributed by atoms with van der Waals surface area (Å²) in [6, 6.07) is 42.8. The molecule has 6 heterocycles. The average Bonchev–Trinajstić information content (AvgIpc) is 1.53. The summed E-state index contributed by atoms with van der Waals surface area (Å²) in [5.41, 5.74) is 8.81. The molecule has 0 amide bonds. The van der Waals surface area contributed by atoms with E-state index in [0.29, 0.717) is 56.4 Å². The van der Waals surface area contributed by atoms with Gasteiger partial charge in [0, 0.05) is 113 Å². The molecule has 0 spiro atoms. The van der Waals surface area contributed by atoms with Gasteiger partial charge in [0.15, 0.2) is 11.6 Å². The third-order valence-corrected chi connectivity index (χ3v) is 28.7. The summed E-state index contributed by atoms with van der Waals surface area (Å²) in [6.45, 7) is 13.8. The van der Waals surface area contributed by atoms with Crippen LogP contribution >= 0.6 is 68.0 Å². The lowest BCUT2D eigenvalue weighted by atomic mass is 9.95. The van der Waals surface area contributed by atoms with E-state index in [4.69, 9.17) is 0 Å². The van der Waals surface area contributed by atoms with Gasteiger partial charge in [-0.05, 0) is 133 Å². The number of carbonyl (C=O) groups is 2. The summed E-state index contributed by atoms with van der Waals surface area (Å²) >= 11 is 11.1. The molecule has 0 radical (unpaired) electrons. The van der Waals surface area contributed by atoms with E-state index in [9.17, 15) is 30.6 Å². The number of fused-ring (bicyclic) bond motifs is 4. The maximum atomic E-state index is 14.7. The van der Waals surface area contributed by atoms with Crippen molar-refractivity contribution in [3.05, 3.63) is 172 Å². The quantitative estimate of drug-likeness (QED) is 0.0214. The lowest BCUT2D eigenvalue weighted by molar-refractivity contribution is 0.103. The van der Waals surface area contributed by atoms with E-state index in [1.54, 1.807) is 22.7 Å². The molecule has 0 fully saturated rings. The molecule has 2 unspecified atom stereocenters. The van der Waals surface area contributed by atoms with Gasteiger partial charge in [-0.25, -0.2) is 0 Å². The van der Waals surface area contributed by atoms with Crippen LogP contribution in [0.1, 0.15) is 284 Å². The molecule has 0 bridgehead atoms. The molecular formula is C92H102N4O2S6. The number of thiophene rings is 6. The van der Waals surface area contributed by atoms with E-state index in [2.05, 4.69) is 114 Å². The van der Waals surface area contributed by atoms with Crippen molar-refractivity contribution in [1.29, 1.82) is 21.0 Å². The highest BCUT2D eigenvalue weighted by molar-refractivity contribution is 7.29. The van der Waals surface area contributed by atoms with Gasteiger partial charge in [0.05, 0.1) is 0 Å². The molecule has 104 heavy (non-hydrogen) atoms. The fourth-order valence-corrected chi connectivity index (χ4v) is 23.0. The molecule has 6 aromatic heterocycles. The lowest BCUT2D eigenvalue weighted by Gasteiger charge is -2.13. The number of hydrogen-bond donors (Lipinski definition) is 0. The molecule has 0 saturated carbocycles. The van der Waals surface area contributed by atoms with Gasteiger partial charge >= 0.3 is 0 Å². The Morgan fingerprint density at radius 2 is 0.712 bits per heavy atom. The van der Waals surface area contributed by atoms with Gasteiger partial charge < -0.3 is 0 Å². The summed E-state index contributed by atoms with van der Waals surface area (Å²) in [4.78, 5) is 41.3. The number of nitriles is 4. The van der Waals surface area contributed by atoms with Gasteiger partial charge in [-0.2, -0.15) is 21.0 Å². The van der Waals surface area contributed by atoms with Crippen LogP contribution in [0, 0.1) is 57.2 Å². The van der Waals surface area contributed by atoms with E-state index in [1.807, 2.05) is 106 Å². The highest BCUT2D eigenvalue weighted by atomic mass is 32.1. The number of aryl methyl sites for hydroxylation is 2. The van der Waals surface area contributed by atoms with E-state index in [-0.39, 0.29) is 22.7 Å². The van der Waals surface area contributed by atoms with Crippen molar-refractivity contribution < 1.29 is 9.59 Å². The Morgan fingerprint density at radius 3 is 1.06 bits per heavy atom. The summed E-state index contributed by atoms with van der Waals surface area (Å²) in [5.74, 6) is 0.914. The summed E-state index contributed by atoms with van der Waals surface area (Å²) in [7, 11) is 0. The number of benzene rings is 3. The molecule has 11 rings (SSSR count). The van der Waals surface area contributed by atoms with Crippen LogP contribution in [0.2, 0.25) is 0 Å². The zero-order chi connectivity index (χ0) is 72.9. The second-order valence-corrected chi connectivity index (χ2v) is 35.5. The average molecular weight is 1490 g/mol. The van der Waals surface area contributed by atoms with Crippen molar-refractivity contribution in [2.24, 2.45) is 11.8 Å². The highest BCUT2D eigenvalue weighted by Crippen LogP contribution is 2.56. The van der Waals surface area contributed by atoms with Gasteiger partial charge in [0.2, 0.25) is 0 Å². The summed E-state index contributed by atoms with van der Waals surface area (Å²) in [6.07, 6.45) is 42.1. The van der Waals surface area contributed by atoms with Crippen LogP contribution < -0.4 is 0 Å². The van der Waals surface area contributed by atoms with E-state index < -0.39 is 0 Å². The fraction of sp³-hybridized carbons (Fsp3) is 0.435. The van der Waals surface area contributed by atoms with Crippen LogP contribution in [-0.4, -0.2) is 11.6 Å². The maximum absolute atomic E-state index is 14.7. The minimum absolute atomic E-state index is 0.0484. The first-order chi connectivity index (χ1) is 51.0. The number of Topliss-reactive ketones (excluding diaryl/α,β-unsaturated/α-hetero) is 2. The molecule has 2 aliphatic carbocycles. The topological polar surface area (TPSA) is 129 Å². The Kier molecular flexibility index (Phi) is 29.0. The first kappa shape index (κ1) is 77.7. The molecule has 3 aromatic carbocycles. The molecule has 538 valence electrons. The molecule has 0 N–H and O–H groups in total. The molecule has 2 atom stereocenters. The minimum atomic E-state index is -0.155. The van der Waals surface area contributed by atoms with Crippen molar-refractivity contribution >= 4 is 123 Å². The predicted molar refractivity (Wildman–Crippen MR) is 449 cm³/mol. The molecule has 6 nitrogen and oxygen atoms in total. The van der Waals surface area contributed by atoms with Crippen molar-refractivity contribution in [3.8, 4) is 64.7 Å². The van der Waals surface area contributed by atoms with Crippen LogP contribution in [0.15, 0.2) is 119 Å². The number of ketones is 2. The number of rotatable bonds is 40. The Labute approximate surface area is 644 Å². The van der Waals surface area contributed by atoms with Crippen molar-refractivity contribution in [1.82, 2.24) is 0 Å². The third kappa shape index (κ3) is 18.4. The van der Waals surface area contributed by atoms with Crippen LogP contribution in [0.5, 0.6) is 0 Å². The van der Waals surface area contributed by atoms with Crippen molar-refractivity contribution in [2.45, 2.75) is 247 Å². The molecule has 12 heteroatoms. The number of allylic oxidation sites excluding steroid dienone is 6.